The van der Waals surface area contributed by atoms with Gasteiger partial charge in [0, 0.05) is 62.2 Å². The average Bonchev–Trinajstić information content (AvgIpc) is 2.88. The van der Waals surface area contributed by atoms with Crippen LogP contribution in [0.4, 0.5) is 11.5 Å². The van der Waals surface area contributed by atoms with Crippen molar-refractivity contribution >= 4 is 23.3 Å². The standard InChI is InChI=1S/C30H38N6O/c1-5-35-16-18-36(19-17-35)15-12-25-6-8-27(9-7-25)34-24(4)29-26(11-14-32-30(29)37)21-23(3)33-28-20-22(2)10-13-31-28/h6-11,13-14,20-21,34H,4-5,12,15-19H2,1-3H3,(H,31,33)(H,32,37)/b23-21+. The Morgan fingerprint density at radius 2 is 1.81 bits per heavy atom. The van der Waals surface area contributed by atoms with E-state index in [2.05, 4.69) is 68.2 Å². The monoisotopic (exact) mass is 498 g/mol. The van der Waals surface area contributed by atoms with Gasteiger partial charge >= 0.3 is 0 Å². The number of aryl methyl sites for hydroxylation is 1. The Hall–Kier alpha value is -3.68. The lowest BCUT2D eigenvalue weighted by Gasteiger charge is -2.34. The fourth-order valence-electron chi connectivity index (χ4n) is 4.61. The van der Waals surface area contributed by atoms with E-state index in [1.54, 1.807) is 12.4 Å². The van der Waals surface area contributed by atoms with E-state index in [4.69, 9.17) is 0 Å². The zero-order chi connectivity index (χ0) is 26.2. The van der Waals surface area contributed by atoms with E-state index in [1.165, 1.54) is 5.56 Å². The topological polar surface area (TPSA) is 76.3 Å². The third-order valence-corrected chi connectivity index (χ3v) is 6.79. The average molecular weight is 499 g/mol. The molecule has 0 bridgehead atoms. The minimum Gasteiger partial charge on any atom is -0.355 e. The summed E-state index contributed by atoms with van der Waals surface area (Å²) in [4.78, 5) is 24.9. The van der Waals surface area contributed by atoms with Crippen LogP contribution in [-0.4, -0.2) is 59.0 Å². The minimum atomic E-state index is -0.187. The molecule has 3 heterocycles. The molecule has 0 spiro atoms. The van der Waals surface area contributed by atoms with Gasteiger partial charge in [0.1, 0.15) is 5.82 Å². The van der Waals surface area contributed by atoms with Crippen LogP contribution >= 0.6 is 0 Å². The van der Waals surface area contributed by atoms with Gasteiger partial charge in [-0.2, -0.15) is 0 Å². The number of hydrogen-bond acceptors (Lipinski definition) is 6. The lowest BCUT2D eigenvalue weighted by molar-refractivity contribution is 0.138. The first-order valence-corrected chi connectivity index (χ1v) is 13.0. The predicted octanol–water partition coefficient (Wildman–Crippen LogP) is 4.81. The predicted molar refractivity (Wildman–Crippen MR) is 155 cm³/mol. The van der Waals surface area contributed by atoms with E-state index in [0.29, 0.717) is 11.3 Å². The van der Waals surface area contributed by atoms with Crippen LogP contribution in [0.1, 0.15) is 36.1 Å². The summed E-state index contributed by atoms with van der Waals surface area (Å²) in [5.41, 5.74) is 5.86. The van der Waals surface area contributed by atoms with Crippen molar-refractivity contribution in [2.24, 2.45) is 0 Å². The number of nitrogens with zero attached hydrogens (tertiary/aromatic N) is 3. The molecule has 4 rings (SSSR count). The molecule has 1 saturated heterocycles. The summed E-state index contributed by atoms with van der Waals surface area (Å²) in [6, 6.07) is 14.2. The summed E-state index contributed by atoms with van der Waals surface area (Å²) in [6.45, 7) is 17.2. The van der Waals surface area contributed by atoms with Crippen LogP contribution in [0.3, 0.4) is 0 Å². The maximum absolute atomic E-state index is 12.8. The van der Waals surface area contributed by atoms with Gasteiger partial charge in [-0.3, -0.25) is 4.79 Å². The number of nitrogens with one attached hydrogen (secondary N) is 3. The second kappa shape index (κ2) is 12.5. The van der Waals surface area contributed by atoms with Crippen LogP contribution in [0.25, 0.3) is 11.8 Å². The number of pyridine rings is 2. The number of benzene rings is 1. The zero-order valence-corrected chi connectivity index (χ0v) is 22.2. The quantitative estimate of drug-likeness (QED) is 0.372. The Morgan fingerprint density at radius 1 is 1.08 bits per heavy atom. The molecule has 0 saturated carbocycles. The highest BCUT2D eigenvalue weighted by Crippen LogP contribution is 2.21. The van der Waals surface area contributed by atoms with Crippen LogP contribution in [0.15, 0.2) is 71.9 Å². The number of anilines is 2. The molecule has 0 aliphatic carbocycles. The maximum Gasteiger partial charge on any atom is 0.257 e. The number of aromatic amines is 1. The second-order valence-electron chi connectivity index (χ2n) is 9.63. The maximum atomic E-state index is 12.8. The van der Waals surface area contributed by atoms with E-state index in [1.807, 2.05) is 38.1 Å². The third kappa shape index (κ3) is 7.41. The van der Waals surface area contributed by atoms with E-state index in [0.717, 1.165) is 74.0 Å². The Morgan fingerprint density at radius 3 is 2.51 bits per heavy atom. The molecular formula is C30H38N6O. The van der Waals surface area contributed by atoms with Crippen LogP contribution < -0.4 is 16.2 Å². The van der Waals surface area contributed by atoms with Gasteiger partial charge < -0.3 is 25.4 Å². The molecule has 0 unspecified atom stereocenters. The van der Waals surface area contributed by atoms with Gasteiger partial charge in [0.2, 0.25) is 0 Å². The van der Waals surface area contributed by atoms with E-state index in [-0.39, 0.29) is 5.56 Å². The first-order valence-electron chi connectivity index (χ1n) is 13.0. The zero-order valence-electron chi connectivity index (χ0n) is 22.2. The normalized spacial score (nSPS) is 14.9. The van der Waals surface area contributed by atoms with Gasteiger partial charge in [-0.05, 0) is 79.9 Å². The number of H-pyrrole nitrogens is 1. The molecule has 7 nitrogen and oxygen atoms in total. The van der Waals surface area contributed by atoms with Gasteiger partial charge in [-0.1, -0.05) is 25.6 Å². The molecule has 3 N–H and O–H groups in total. The molecule has 2 aromatic heterocycles. The lowest BCUT2D eigenvalue weighted by atomic mass is 10.1. The van der Waals surface area contributed by atoms with Crippen molar-refractivity contribution < 1.29 is 0 Å². The Kier molecular flexibility index (Phi) is 8.93. The van der Waals surface area contributed by atoms with Crippen molar-refractivity contribution in [3.63, 3.8) is 0 Å². The molecule has 7 heteroatoms. The number of allylic oxidation sites excluding steroid dienone is 1. The first-order chi connectivity index (χ1) is 17.9. The lowest BCUT2D eigenvalue weighted by Crippen LogP contribution is -2.46. The molecule has 3 aromatic rings. The Bertz CT molecular complexity index is 1290. The van der Waals surface area contributed by atoms with Crippen molar-refractivity contribution in [3.05, 3.63) is 99.7 Å². The fraction of sp³-hybridized carbons (Fsp3) is 0.333. The van der Waals surface area contributed by atoms with Crippen LogP contribution in [0.5, 0.6) is 0 Å². The van der Waals surface area contributed by atoms with E-state index < -0.39 is 0 Å². The number of rotatable bonds is 10. The minimum absolute atomic E-state index is 0.187. The largest absolute Gasteiger partial charge is 0.355 e. The molecular weight excluding hydrogens is 460 g/mol. The van der Waals surface area contributed by atoms with Crippen LogP contribution in [0, 0.1) is 6.92 Å². The molecule has 1 fully saturated rings. The Labute approximate surface area is 219 Å². The smallest absolute Gasteiger partial charge is 0.257 e. The summed E-state index contributed by atoms with van der Waals surface area (Å²) in [7, 11) is 0. The van der Waals surface area contributed by atoms with Gasteiger partial charge in [-0.25, -0.2) is 4.98 Å². The summed E-state index contributed by atoms with van der Waals surface area (Å²) in [5.74, 6) is 0.764. The number of piperazine rings is 1. The molecule has 1 aromatic carbocycles. The van der Waals surface area contributed by atoms with E-state index in [9.17, 15) is 4.79 Å². The number of likely N-dealkylation sites (N-methyl/N-ethyl adjacent to an activating group) is 1. The highest BCUT2D eigenvalue weighted by atomic mass is 16.1. The van der Waals surface area contributed by atoms with Gasteiger partial charge in [-0.15, -0.1) is 0 Å². The number of hydrogen-bond donors (Lipinski definition) is 3. The van der Waals surface area contributed by atoms with Crippen molar-refractivity contribution in [2.45, 2.75) is 27.2 Å². The highest BCUT2D eigenvalue weighted by molar-refractivity contribution is 5.80. The molecule has 1 aliphatic heterocycles. The molecule has 0 amide bonds. The summed E-state index contributed by atoms with van der Waals surface area (Å²) in [5, 5.41) is 6.62. The van der Waals surface area contributed by atoms with Gasteiger partial charge in [0.05, 0.1) is 5.56 Å². The molecule has 194 valence electrons. The molecule has 1 aliphatic rings. The molecule has 0 radical (unpaired) electrons. The molecule has 0 atom stereocenters. The van der Waals surface area contributed by atoms with Gasteiger partial charge in [0.25, 0.3) is 5.56 Å². The summed E-state index contributed by atoms with van der Waals surface area (Å²) >= 11 is 0. The van der Waals surface area contributed by atoms with Crippen molar-refractivity contribution in [2.75, 3.05) is 49.9 Å². The summed E-state index contributed by atoms with van der Waals surface area (Å²) < 4.78 is 0. The van der Waals surface area contributed by atoms with Crippen LogP contribution in [0.2, 0.25) is 0 Å². The van der Waals surface area contributed by atoms with Gasteiger partial charge in [0.15, 0.2) is 0 Å². The first kappa shape index (κ1) is 26.4. The number of aromatic nitrogens is 2. The second-order valence-corrected chi connectivity index (χ2v) is 9.63. The van der Waals surface area contributed by atoms with Crippen molar-refractivity contribution in [1.29, 1.82) is 0 Å². The Balaban J connectivity index is 1.39. The van der Waals surface area contributed by atoms with Crippen molar-refractivity contribution in [3.8, 4) is 0 Å². The highest BCUT2D eigenvalue weighted by Gasteiger charge is 2.15. The SMILES string of the molecule is C=C(Nc1ccc(CCN2CCN(CC)CC2)cc1)c1c(/C=C(\C)Nc2cc(C)ccn2)cc[nH]c1=O. The molecule has 37 heavy (non-hydrogen) atoms. The van der Waals surface area contributed by atoms with Crippen LogP contribution in [-0.2, 0) is 6.42 Å². The third-order valence-electron chi connectivity index (χ3n) is 6.79. The fourth-order valence-corrected chi connectivity index (χ4v) is 4.61. The van der Waals surface area contributed by atoms with Crippen molar-refractivity contribution in [1.82, 2.24) is 19.8 Å². The van der Waals surface area contributed by atoms with E-state index >= 15 is 0 Å². The summed E-state index contributed by atoms with van der Waals surface area (Å²) in [6.07, 6.45) is 6.39.